The van der Waals surface area contributed by atoms with Gasteiger partial charge in [0.15, 0.2) is 5.65 Å². The van der Waals surface area contributed by atoms with Crippen LogP contribution in [0.1, 0.15) is 50.7 Å². The summed E-state index contributed by atoms with van der Waals surface area (Å²) in [7, 11) is 1.70. The lowest BCUT2D eigenvalue weighted by Gasteiger charge is -2.21. The quantitative estimate of drug-likeness (QED) is 0.612. The maximum atomic E-state index is 6.49. The highest BCUT2D eigenvalue weighted by Gasteiger charge is 2.18. The molecule has 1 saturated carbocycles. The summed E-state index contributed by atoms with van der Waals surface area (Å²) < 4.78 is 11.4. The third-order valence-corrected chi connectivity index (χ3v) is 5.53. The molecular weight excluding hydrogens is 362 g/mol. The summed E-state index contributed by atoms with van der Waals surface area (Å²) in [4.78, 5) is 12.4. The molecule has 0 bridgehead atoms. The van der Waals surface area contributed by atoms with Crippen molar-refractivity contribution < 1.29 is 9.47 Å². The van der Waals surface area contributed by atoms with Gasteiger partial charge in [-0.15, -0.1) is 0 Å². The standard InChI is InChI=1S/C21H24ClN3O2/c1-13(26-2)14-8-10-15(11-9-14)19-17(22)12-18-20(24-19)25-21(23-18)27-16-6-4-3-5-7-16/h8-13,16H,3-7H2,1-2H3,(H,23,24,25). The number of nitrogens with one attached hydrogen (secondary N) is 1. The lowest BCUT2D eigenvalue weighted by molar-refractivity contribution is 0.119. The Bertz CT molecular complexity index is 917. The third-order valence-electron chi connectivity index (χ3n) is 5.24. The summed E-state index contributed by atoms with van der Waals surface area (Å²) in [6.07, 6.45) is 6.20. The predicted molar refractivity (Wildman–Crippen MR) is 107 cm³/mol. The molecule has 0 amide bonds. The molecular formula is C21H24ClN3O2. The Morgan fingerprint density at radius 3 is 2.56 bits per heavy atom. The van der Waals surface area contributed by atoms with E-state index in [9.17, 15) is 0 Å². The van der Waals surface area contributed by atoms with Crippen LogP contribution in [0, 0.1) is 0 Å². The number of rotatable bonds is 5. The van der Waals surface area contributed by atoms with Crippen molar-refractivity contribution in [1.29, 1.82) is 0 Å². The molecule has 1 aromatic carbocycles. The molecule has 27 heavy (non-hydrogen) atoms. The van der Waals surface area contributed by atoms with Crippen LogP contribution in [0.2, 0.25) is 5.02 Å². The summed E-state index contributed by atoms with van der Waals surface area (Å²) in [5, 5.41) is 0.586. The van der Waals surface area contributed by atoms with Crippen LogP contribution in [0.5, 0.6) is 6.01 Å². The zero-order valence-corrected chi connectivity index (χ0v) is 16.4. The monoisotopic (exact) mass is 385 g/mol. The van der Waals surface area contributed by atoms with Crippen molar-refractivity contribution in [2.75, 3.05) is 7.11 Å². The highest BCUT2D eigenvalue weighted by atomic mass is 35.5. The molecule has 2 aromatic heterocycles. The minimum Gasteiger partial charge on any atom is -0.461 e. The molecule has 1 aliphatic carbocycles. The minimum atomic E-state index is 0.0517. The van der Waals surface area contributed by atoms with Gasteiger partial charge >= 0.3 is 0 Å². The fourth-order valence-corrected chi connectivity index (χ4v) is 3.80. The van der Waals surface area contributed by atoms with E-state index >= 15 is 0 Å². The average molecular weight is 386 g/mol. The predicted octanol–water partition coefficient (Wildman–Crippen LogP) is 5.70. The van der Waals surface area contributed by atoms with E-state index < -0.39 is 0 Å². The summed E-state index contributed by atoms with van der Waals surface area (Å²) in [6, 6.07) is 10.5. The van der Waals surface area contributed by atoms with E-state index in [0.717, 1.165) is 35.2 Å². The normalized spacial score (nSPS) is 16.6. The number of halogens is 1. The molecule has 4 rings (SSSR count). The first-order chi connectivity index (χ1) is 13.1. The van der Waals surface area contributed by atoms with Crippen LogP contribution in [-0.2, 0) is 4.74 Å². The number of nitrogens with zero attached hydrogens (tertiary/aromatic N) is 2. The second kappa shape index (κ2) is 7.87. The molecule has 0 spiro atoms. The molecule has 0 saturated heterocycles. The number of imidazole rings is 1. The second-order valence-electron chi connectivity index (χ2n) is 7.11. The maximum Gasteiger partial charge on any atom is 0.296 e. The Morgan fingerprint density at radius 1 is 1.11 bits per heavy atom. The summed E-state index contributed by atoms with van der Waals surface area (Å²) >= 11 is 6.49. The average Bonchev–Trinajstić information content (AvgIpc) is 3.08. The van der Waals surface area contributed by atoms with Crippen LogP contribution in [0.25, 0.3) is 22.4 Å². The van der Waals surface area contributed by atoms with Crippen molar-refractivity contribution in [1.82, 2.24) is 15.0 Å². The van der Waals surface area contributed by atoms with Crippen molar-refractivity contribution in [3.8, 4) is 17.3 Å². The van der Waals surface area contributed by atoms with Crippen molar-refractivity contribution in [2.24, 2.45) is 0 Å². The summed E-state index contributed by atoms with van der Waals surface area (Å²) in [5.74, 6) is 0. The van der Waals surface area contributed by atoms with Gasteiger partial charge in [-0.25, -0.2) is 4.98 Å². The number of methoxy groups -OCH3 is 1. The Kier molecular flexibility index (Phi) is 5.32. The highest BCUT2D eigenvalue weighted by Crippen LogP contribution is 2.31. The van der Waals surface area contributed by atoms with Gasteiger partial charge < -0.3 is 14.5 Å². The Balaban J connectivity index is 1.60. The van der Waals surface area contributed by atoms with Crippen molar-refractivity contribution in [3.05, 3.63) is 40.9 Å². The van der Waals surface area contributed by atoms with Gasteiger partial charge in [0.25, 0.3) is 6.01 Å². The van der Waals surface area contributed by atoms with Crippen LogP contribution in [-0.4, -0.2) is 28.2 Å². The Hall–Kier alpha value is -2.11. The largest absolute Gasteiger partial charge is 0.461 e. The van der Waals surface area contributed by atoms with Crippen molar-refractivity contribution in [2.45, 2.75) is 51.2 Å². The smallest absolute Gasteiger partial charge is 0.296 e. The topological polar surface area (TPSA) is 60.0 Å². The van der Waals surface area contributed by atoms with E-state index in [1.54, 1.807) is 7.11 Å². The highest BCUT2D eigenvalue weighted by molar-refractivity contribution is 6.33. The molecule has 6 heteroatoms. The van der Waals surface area contributed by atoms with Crippen LogP contribution in [0.15, 0.2) is 30.3 Å². The number of hydrogen-bond donors (Lipinski definition) is 1. The molecule has 3 aromatic rings. The first kappa shape index (κ1) is 18.3. The summed E-state index contributed by atoms with van der Waals surface area (Å²) in [5.41, 5.74) is 4.19. The fourth-order valence-electron chi connectivity index (χ4n) is 3.54. The van der Waals surface area contributed by atoms with Gasteiger partial charge in [-0.05, 0) is 44.2 Å². The van der Waals surface area contributed by atoms with E-state index in [0.29, 0.717) is 16.7 Å². The number of pyridine rings is 1. The van der Waals surface area contributed by atoms with Gasteiger partial charge in [0.2, 0.25) is 0 Å². The molecule has 2 heterocycles. The SMILES string of the molecule is COC(C)c1ccc(-c2nc3nc(OC4CCCCC4)[nH]c3cc2Cl)cc1. The van der Waals surface area contributed by atoms with Gasteiger partial charge in [-0.1, -0.05) is 42.3 Å². The number of aromatic nitrogens is 3. The van der Waals surface area contributed by atoms with E-state index in [2.05, 4.69) is 15.0 Å². The second-order valence-corrected chi connectivity index (χ2v) is 7.52. The van der Waals surface area contributed by atoms with Crippen molar-refractivity contribution >= 4 is 22.8 Å². The van der Waals surface area contributed by atoms with Crippen LogP contribution >= 0.6 is 11.6 Å². The number of hydrogen-bond acceptors (Lipinski definition) is 4. The van der Waals surface area contributed by atoms with E-state index in [1.807, 2.05) is 37.3 Å². The van der Waals surface area contributed by atoms with E-state index in [1.165, 1.54) is 19.3 Å². The lowest BCUT2D eigenvalue weighted by Crippen LogP contribution is -2.20. The first-order valence-corrected chi connectivity index (χ1v) is 9.88. The van der Waals surface area contributed by atoms with Crippen molar-refractivity contribution in [3.63, 3.8) is 0 Å². The number of H-pyrrole nitrogens is 1. The Labute approximate surface area is 164 Å². The molecule has 1 fully saturated rings. The van der Waals surface area contributed by atoms with Crippen LogP contribution in [0.3, 0.4) is 0 Å². The van der Waals surface area contributed by atoms with Crippen LogP contribution < -0.4 is 4.74 Å². The molecule has 1 atom stereocenters. The number of aromatic amines is 1. The maximum absolute atomic E-state index is 6.49. The van der Waals surface area contributed by atoms with E-state index in [4.69, 9.17) is 21.1 Å². The molecule has 0 radical (unpaired) electrons. The number of benzene rings is 1. The van der Waals surface area contributed by atoms with E-state index in [-0.39, 0.29) is 12.2 Å². The zero-order chi connectivity index (χ0) is 18.8. The Morgan fingerprint density at radius 2 is 1.85 bits per heavy atom. The molecule has 5 nitrogen and oxygen atoms in total. The molecule has 142 valence electrons. The third kappa shape index (κ3) is 3.94. The van der Waals surface area contributed by atoms with Gasteiger partial charge in [-0.2, -0.15) is 4.98 Å². The first-order valence-electron chi connectivity index (χ1n) is 9.50. The minimum absolute atomic E-state index is 0.0517. The van der Waals surface area contributed by atoms with Gasteiger partial charge in [0, 0.05) is 12.7 Å². The van der Waals surface area contributed by atoms with Gasteiger partial charge in [-0.3, -0.25) is 0 Å². The fraction of sp³-hybridized carbons (Fsp3) is 0.429. The van der Waals surface area contributed by atoms with Crippen LogP contribution in [0.4, 0.5) is 0 Å². The summed E-state index contributed by atoms with van der Waals surface area (Å²) in [6.45, 7) is 2.02. The van der Waals surface area contributed by atoms with Gasteiger partial charge in [0.05, 0.1) is 22.3 Å². The van der Waals surface area contributed by atoms with Gasteiger partial charge in [0.1, 0.15) is 6.10 Å². The number of fused-ring (bicyclic) bond motifs is 1. The molecule has 1 N–H and O–H groups in total. The zero-order valence-electron chi connectivity index (χ0n) is 15.7. The number of ether oxygens (including phenoxy) is 2. The molecule has 1 aliphatic rings. The lowest BCUT2D eigenvalue weighted by atomic mass is 9.98. The molecule has 0 aliphatic heterocycles. The molecule has 1 unspecified atom stereocenters.